The van der Waals surface area contributed by atoms with E-state index in [1.54, 1.807) is 19.1 Å². The van der Waals surface area contributed by atoms with E-state index in [1.807, 2.05) is 32.9 Å². The van der Waals surface area contributed by atoms with E-state index >= 15 is 0 Å². The van der Waals surface area contributed by atoms with Crippen LogP contribution in [0.2, 0.25) is 0 Å². The van der Waals surface area contributed by atoms with E-state index in [4.69, 9.17) is 0 Å². The molecule has 0 spiro atoms. The molecule has 0 saturated carbocycles. The molecule has 0 radical (unpaired) electrons. The molecule has 0 N–H and O–H groups in total. The third-order valence-electron chi connectivity index (χ3n) is 3.26. The van der Waals surface area contributed by atoms with E-state index in [9.17, 15) is 13.2 Å². The Morgan fingerprint density at radius 1 is 1.05 bits per heavy atom. The number of hydrogen-bond donors (Lipinski definition) is 0. The fourth-order valence-electron chi connectivity index (χ4n) is 2.19. The Hall–Kier alpha value is -1.03. The van der Waals surface area contributed by atoms with Crippen molar-refractivity contribution in [2.45, 2.75) is 45.0 Å². The second-order valence-electron chi connectivity index (χ2n) is 5.72. The average molecular weight is 287 g/mol. The summed E-state index contributed by atoms with van der Waals surface area (Å²) in [6, 6.07) is 7.21. The van der Waals surface area contributed by atoms with Crippen LogP contribution in [0.1, 0.15) is 38.1 Å². The van der Waals surface area contributed by atoms with Gasteiger partial charge in [-0.25, -0.2) is 0 Å². The number of benzene rings is 1. The SMILES string of the molecule is CCc1cc2ccc(C(C)(C)C)cc2[s+]1C(F)(F)F. The molecule has 1 unspecified atom stereocenters. The zero-order valence-electron chi connectivity index (χ0n) is 11.6. The maximum Gasteiger partial charge on any atom is 0.600 e. The third kappa shape index (κ3) is 2.64. The van der Waals surface area contributed by atoms with Gasteiger partial charge < -0.3 is 0 Å². The molecule has 2 aromatic rings. The molecule has 1 aromatic heterocycles. The van der Waals surface area contributed by atoms with Gasteiger partial charge in [0, 0.05) is 23.9 Å². The van der Waals surface area contributed by atoms with Crippen LogP contribution in [0.4, 0.5) is 13.2 Å². The van der Waals surface area contributed by atoms with Gasteiger partial charge in [-0.1, -0.05) is 33.8 Å². The Bertz CT molecular complexity index is 600. The summed E-state index contributed by atoms with van der Waals surface area (Å²) in [5, 5.41) is 0.727. The van der Waals surface area contributed by atoms with Crippen LogP contribution in [0.15, 0.2) is 24.3 Å². The first kappa shape index (κ1) is 14.4. The second kappa shape index (κ2) is 4.51. The highest BCUT2D eigenvalue weighted by molar-refractivity contribution is 7.38. The highest BCUT2D eigenvalue weighted by atomic mass is 32.2. The summed E-state index contributed by atoms with van der Waals surface area (Å²) in [6.45, 7) is 7.84. The number of thiophene rings is 1. The summed E-state index contributed by atoms with van der Waals surface area (Å²) < 4.78 is 40.3. The zero-order valence-corrected chi connectivity index (χ0v) is 12.4. The molecule has 1 aromatic carbocycles. The lowest BCUT2D eigenvalue weighted by atomic mass is 9.87. The molecule has 0 bridgehead atoms. The van der Waals surface area contributed by atoms with E-state index in [-0.39, 0.29) is 5.41 Å². The number of fused-ring (bicyclic) bond motifs is 1. The first-order valence-electron chi connectivity index (χ1n) is 6.31. The van der Waals surface area contributed by atoms with Crippen LogP contribution in [-0.2, 0) is 17.3 Å². The molecule has 0 nitrogen and oxygen atoms in total. The minimum absolute atomic E-state index is 0.134. The molecule has 2 rings (SSSR count). The summed E-state index contributed by atoms with van der Waals surface area (Å²) in [4.78, 5) is 0.494. The number of halogens is 3. The Kier molecular flexibility index (Phi) is 3.42. The standard InChI is InChI=1S/C15H18F3S/c1-5-12-8-10-6-7-11(14(2,3)4)9-13(10)19(12)15(16,17)18/h6-9H,5H2,1-4H3/q+1. The first-order chi connectivity index (χ1) is 8.64. The van der Waals surface area contributed by atoms with Crippen molar-refractivity contribution in [1.29, 1.82) is 0 Å². The van der Waals surface area contributed by atoms with Gasteiger partial charge in [0.15, 0.2) is 9.58 Å². The Balaban J connectivity index is 2.77. The molecule has 0 aliphatic heterocycles. The summed E-state index contributed by atoms with van der Waals surface area (Å²) in [7, 11) is -1.74. The lowest BCUT2D eigenvalue weighted by Gasteiger charge is -2.18. The maximum atomic E-state index is 13.3. The molecule has 0 fully saturated rings. The highest BCUT2D eigenvalue weighted by Gasteiger charge is 2.47. The number of rotatable bonds is 1. The van der Waals surface area contributed by atoms with Crippen molar-refractivity contribution in [2.75, 3.05) is 0 Å². The van der Waals surface area contributed by atoms with Crippen LogP contribution in [0.25, 0.3) is 10.1 Å². The van der Waals surface area contributed by atoms with E-state index in [0.29, 0.717) is 16.0 Å². The molecule has 1 heterocycles. The van der Waals surface area contributed by atoms with E-state index in [1.165, 1.54) is 0 Å². The molecule has 1 atom stereocenters. The predicted octanol–water partition coefficient (Wildman–Crippen LogP) is 5.93. The van der Waals surface area contributed by atoms with Crippen LogP contribution in [0, 0.1) is 0 Å². The molecule has 0 saturated heterocycles. The largest absolute Gasteiger partial charge is 0.600 e. The van der Waals surface area contributed by atoms with Gasteiger partial charge in [-0.2, -0.15) is 0 Å². The number of hydrogen-bond acceptors (Lipinski definition) is 0. The van der Waals surface area contributed by atoms with Crippen LogP contribution in [0.3, 0.4) is 0 Å². The van der Waals surface area contributed by atoms with E-state index in [0.717, 1.165) is 10.9 Å². The fraction of sp³-hybridized carbons (Fsp3) is 0.467. The molecular weight excluding hydrogens is 269 g/mol. The third-order valence-corrected chi connectivity index (χ3v) is 5.45. The molecular formula is C15H18F3S+. The van der Waals surface area contributed by atoms with Gasteiger partial charge in [-0.15, -0.1) is 13.2 Å². The van der Waals surface area contributed by atoms with Crippen molar-refractivity contribution < 1.29 is 13.2 Å². The van der Waals surface area contributed by atoms with Crippen LogP contribution >= 0.6 is 10.5 Å². The Labute approximate surface area is 114 Å². The van der Waals surface area contributed by atoms with Crippen LogP contribution in [-0.4, -0.2) is 0 Å². The fourth-order valence-corrected chi connectivity index (χ4v) is 4.16. The van der Waals surface area contributed by atoms with Crippen molar-refractivity contribution in [2.24, 2.45) is 0 Å². The van der Waals surface area contributed by atoms with Gasteiger partial charge in [-0.05, 0) is 17.0 Å². The minimum atomic E-state index is -4.18. The zero-order chi connectivity index (χ0) is 14.4. The summed E-state index contributed by atoms with van der Waals surface area (Å²) in [5.74, 6) is 0. The van der Waals surface area contributed by atoms with Crippen molar-refractivity contribution in [1.82, 2.24) is 0 Å². The van der Waals surface area contributed by atoms with Crippen LogP contribution < -0.4 is 0 Å². The predicted molar refractivity (Wildman–Crippen MR) is 75.8 cm³/mol. The quantitative estimate of drug-likeness (QED) is 0.571. The van der Waals surface area contributed by atoms with Crippen molar-refractivity contribution in [3.8, 4) is 0 Å². The van der Waals surface area contributed by atoms with Gasteiger partial charge in [-0.3, -0.25) is 0 Å². The smallest absolute Gasteiger partial charge is 0.118 e. The van der Waals surface area contributed by atoms with Gasteiger partial charge in [0.25, 0.3) is 0 Å². The molecule has 104 valence electrons. The summed E-state index contributed by atoms with van der Waals surface area (Å²) >= 11 is 0. The lowest BCUT2D eigenvalue weighted by molar-refractivity contribution is -0.0867. The van der Waals surface area contributed by atoms with Crippen molar-refractivity contribution in [3.63, 3.8) is 0 Å². The highest BCUT2D eigenvalue weighted by Crippen LogP contribution is 2.51. The van der Waals surface area contributed by atoms with Gasteiger partial charge in [0.2, 0.25) is 0 Å². The average Bonchev–Trinajstić information content (AvgIpc) is 2.64. The Morgan fingerprint density at radius 3 is 2.16 bits per heavy atom. The normalized spacial score (nSPS) is 14.2. The first-order valence-corrected chi connectivity index (χ1v) is 7.53. The van der Waals surface area contributed by atoms with Gasteiger partial charge in [0.05, 0.1) is 10.5 Å². The molecule has 19 heavy (non-hydrogen) atoms. The molecule has 0 aliphatic rings. The molecule has 0 aliphatic carbocycles. The summed E-state index contributed by atoms with van der Waals surface area (Å²) in [5.41, 5.74) is -3.35. The monoisotopic (exact) mass is 287 g/mol. The van der Waals surface area contributed by atoms with Gasteiger partial charge >= 0.3 is 5.51 Å². The maximum absolute atomic E-state index is 13.3. The lowest BCUT2D eigenvalue weighted by Crippen LogP contribution is -2.10. The topological polar surface area (TPSA) is 0 Å². The van der Waals surface area contributed by atoms with E-state index in [2.05, 4.69) is 0 Å². The second-order valence-corrected chi connectivity index (χ2v) is 7.76. The number of alkyl halides is 3. The number of aryl methyl sites for hydroxylation is 1. The molecule has 0 amide bonds. The van der Waals surface area contributed by atoms with Crippen molar-refractivity contribution in [3.05, 3.63) is 34.7 Å². The van der Waals surface area contributed by atoms with Gasteiger partial charge in [0.1, 0.15) is 0 Å². The minimum Gasteiger partial charge on any atom is -0.118 e. The summed E-state index contributed by atoms with van der Waals surface area (Å²) in [6.07, 6.45) is 0.447. The Morgan fingerprint density at radius 2 is 1.68 bits per heavy atom. The van der Waals surface area contributed by atoms with E-state index < -0.39 is 16.0 Å². The van der Waals surface area contributed by atoms with Crippen LogP contribution in [0.5, 0.6) is 0 Å². The van der Waals surface area contributed by atoms with Crippen molar-refractivity contribution >= 4 is 20.6 Å². The molecule has 4 heteroatoms.